The second kappa shape index (κ2) is 4.67. The van der Waals surface area contributed by atoms with Gasteiger partial charge in [0.25, 0.3) is 0 Å². The molecule has 0 spiro atoms. The predicted octanol–water partition coefficient (Wildman–Crippen LogP) is 2.81. The molecule has 3 rings (SSSR count). The minimum absolute atomic E-state index is 0.130. The minimum atomic E-state index is -0.547. The Labute approximate surface area is 109 Å². The molecule has 1 aliphatic heterocycles. The zero-order valence-corrected chi connectivity index (χ0v) is 11.2. The average Bonchev–Trinajstić information content (AvgIpc) is 2.38. The summed E-state index contributed by atoms with van der Waals surface area (Å²) in [5.74, 6) is 0.639. The standard InChI is InChI=1S/C16H23NO/c1-12-5-4-9-16(18,11-12)15-14-7-3-2-6-13(14)8-10-17-15/h2-3,6-7,12,15,17-18H,4-5,8-11H2,1H3. The zero-order chi connectivity index (χ0) is 12.6. The van der Waals surface area contributed by atoms with Gasteiger partial charge in [0.1, 0.15) is 0 Å². The van der Waals surface area contributed by atoms with Crippen molar-refractivity contribution in [2.45, 2.75) is 50.7 Å². The number of nitrogens with one attached hydrogen (secondary N) is 1. The second-order valence-corrected chi connectivity index (χ2v) is 6.14. The number of hydrogen-bond acceptors (Lipinski definition) is 2. The van der Waals surface area contributed by atoms with Crippen LogP contribution < -0.4 is 5.32 Å². The number of benzene rings is 1. The minimum Gasteiger partial charge on any atom is -0.388 e. The highest BCUT2D eigenvalue weighted by Gasteiger charge is 2.42. The normalized spacial score (nSPS) is 36.1. The van der Waals surface area contributed by atoms with Gasteiger partial charge in [0.2, 0.25) is 0 Å². The summed E-state index contributed by atoms with van der Waals surface area (Å²) in [6.45, 7) is 3.25. The van der Waals surface area contributed by atoms with Crippen LogP contribution in [0.15, 0.2) is 24.3 Å². The molecule has 2 N–H and O–H groups in total. The Hall–Kier alpha value is -0.860. The molecule has 1 aromatic rings. The summed E-state index contributed by atoms with van der Waals surface area (Å²) >= 11 is 0. The molecule has 98 valence electrons. The van der Waals surface area contributed by atoms with E-state index in [1.165, 1.54) is 17.5 Å². The molecular formula is C16H23NO. The molecule has 3 unspecified atom stereocenters. The molecule has 18 heavy (non-hydrogen) atoms. The van der Waals surface area contributed by atoms with Crippen molar-refractivity contribution in [2.24, 2.45) is 5.92 Å². The summed E-state index contributed by atoms with van der Waals surface area (Å²) in [5.41, 5.74) is 2.18. The summed E-state index contributed by atoms with van der Waals surface area (Å²) in [5, 5.41) is 14.6. The highest BCUT2D eigenvalue weighted by atomic mass is 16.3. The first-order chi connectivity index (χ1) is 8.69. The van der Waals surface area contributed by atoms with Crippen LogP contribution in [0.25, 0.3) is 0 Å². The van der Waals surface area contributed by atoms with Gasteiger partial charge in [-0.05, 0) is 42.9 Å². The Morgan fingerprint density at radius 3 is 3.00 bits per heavy atom. The fraction of sp³-hybridized carbons (Fsp3) is 0.625. The van der Waals surface area contributed by atoms with Crippen molar-refractivity contribution in [1.82, 2.24) is 5.32 Å². The maximum Gasteiger partial charge on any atom is 0.0844 e. The molecule has 1 aliphatic carbocycles. The maximum atomic E-state index is 11.1. The van der Waals surface area contributed by atoms with E-state index >= 15 is 0 Å². The van der Waals surface area contributed by atoms with Crippen molar-refractivity contribution in [2.75, 3.05) is 6.54 Å². The fourth-order valence-corrected chi connectivity index (χ4v) is 3.81. The monoisotopic (exact) mass is 245 g/mol. The van der Waals surface area contributed by atoms with Crippen molar-refractivity contribution in [3.8, 4) is 0 Å². The Bertz CT molecular complexity index is 431. The van der Waals surface area contributed by atoms with E-state index in [9.17, 15) is 5.11 Å². The summed E-state index contributed by atoms with van der Waals surface area (Å²) < 4.78 is 0. The van der Waals surface area contributed by atoms with E-state index < -0.39 is 5.60 Å². The Morgan fingerprint density at radius 2 is 2.17 bits per heavy atom. The molecular weight excluding hydrogens is 222 g/mol. The van der Waals surface area contributed by atoms with Crippen LogP contribution in [0.3, 0.4) is 0 Å². The first-order valence-electron chi connectivity index (χ1n) is 7.23. The van der Waals surface area contributed by atoms with Crippen LogP contribution in [0.4, 0.5) is 0 Å². The third-order valence-corrected chi connectivity index (χ3v) is 4.65. The van der Waals surface area contributed by atoms with Crippen LogP contribution in [-0.4, -0.2) is 17.3 Å². The SMILES string of the molecule is CC1CCCC(O)(C2NCCc3ccccc32)C1. The summed E-state index contributed by atoms with van der Waals surface area (Å²) in [7, 11) is 0. The number of rotatable bonds is 1. The molecule has 0 bridgehead atoms. The first kappa shape index (κ1) is 12.2. The topological polar surface area (TPSA) is 32.3 Å². The smallest absolute Gasteiger partial charge is 0.0844 e. The zero-order valence-electron chi connectivity index (χ0n) is 11.2. The number of aliphatic hydroxyl groups is 1. The maximum absolute atomic E-state index is 11.1. The lowest BCUT2D eigenvalue weighted by molar-refractivity contribution is -0.0476. The molecule has 0 saturated heterocycles. The van der Waals surface area contributed by atoms with Crippen LogP contribution in [0.1, 0.15) is 49.8 Å². The average molecular weight is 245 g/mol. The van der Waals surface area contributed by atoms with Gasteiger partial charge < -0.3 is 10.4 Å². The fourth-order valence-electron chi connectivity index (χ4n) is 3.81. The van der Waals surface area contributed by atoms with Crippen LogP contribution in [0.5, 0.6) is 0 Å². The Kier molecular flexibility index (Phi) is 3.16. The van der Waals surface area contributed by atoms with Crippen LogP contribution in [0.2, 0.25) is 0 Å². The van der Waals surface area contributed by atoms with E-state index in [-0.39, 0.29) is 6.04 Å². The highest BCUT2D eigenvalue weighted by molar-refractivity contribution is 5.34. The molecule has 2 nitrogen and oxygen atoms in total. The predicted molar refractivity (Wildman–Crippen MR) is 73.5 cm³/mol. The summed E-state index contributed by atoms with van der Waals surface area (Å²) in [6, 6.07) is 8.72. The molecule has 1 aromatic carbocycles. The van der Waals surface area contributed by atoms with Gasteiger partial charge in [-0.1, -0.05) is 44.0 Å². The van der Waals surface area contributed by atoms with Crippen LogP contribution >= 0.6 is 0 Å². The van der Waals surface area contributed by atoms with Gasteiger partial charge in [-0.25, -0.2) is 0 Å². The van der Waals surface area contributed by atoms with Gasteiger partial charge in [0.15, 0.2) is 0 Å². The van der Waals surface area contributed by atoms with E-state index in [0.717, 1.165) is 32.2 Å². The van der Waals surface area contributed by atoms with E-state index in [2.05, 4.69) is 36.5 Å². The summed E-state index contributed by atoms with van der Waals surface area (Å²) in [6.07, 6.45) is 5.36. The molecule has 0 aromatic heterocycles. The molecule has 0 amide bonds. The van der Waals surface area contributed by atoms with Gasteiger partial charge >= 0.3 is 0 Å². The summed E-state index contributed by atoms with van der Waals surface area (Å²) in [4.78, 5) is 0. The molecule has 1 fully saturated rings. The van der Waals surface area contributed by atoms with E-state index in [1.54, 1.807) is 0 Å². The van der Waals surface area contributed by atoms with Gasteiger partial charge in [0, 0.05) is 0 Å². The van der Waals surface area contributed by atoms with E-state index in [0.29, 0.717) is 5.92 Å². The van der Waals surface area contributed by atoms with Crippen LogP contribution in [-0.2, 0) is 6.42 Å². The number of hydrogen-bond donors (Lipinski definition) is 2. The molecule has 1 saturated carbocycles. The van der Waals surface area contributed by atoms with Crippen molar-refractivity contribution in [3.63, 3.8) is 0 Å². The molecule has 1 heterocycles. The third kappa shape index (κ3) is 2.08. The van der Waals surface area contributed by atoms with Gasteiger partial charge in [-0.15, -0.1) is 0 Å². The lowest BCUT2D eigenvalue weighted by atomic mass is 9.71. The lowest BCUT2D eigenvalue weighted by Crippen LogP contribution is -2.49. The van der Waals surface area contributed by atoms with Crippen molar-refractivity contribution < 1.29 is 5.11 Å². The van der Waals surface area contributed by atoms with E-state index in [4.69, 9.17) is 0 Å². The van der Waals surface area contributed by atoms with Gasteiger partial charge in [-0.2, -0.15) is 0 Å². The third-order valence-electron chi connectivity index (χ3n) is 4.65. The second-order valence-electron chi connectivity index (χ2n) is 6.14. The van der Waals surface area contributed by atoms with Crippen LogP contribution in [0, 0.1) is 5.92 Å². The van der Waals surface area contributed by atoms with Crippen molar-refractivity contribution in [3.05, 3.63) is 35.4 Å². The molecule has 2 heteroatoms. The largest absolute Gasteiger partial charge is 0.388 e. The highest BCUT2D eigenvalue weighted by Crippen LogP contribution is 2.42. The Balaban J connectivity index is 1.93. The van der Waals surface area contributed by atoms with Crippen molar-refractivity contribution >= 4 is 0 Å². The quantitative estimate of drug-likeness (QED) is 0.797. The van der Waals surface area contributed by atoms with Gasteiger partial charge in [-0.3, -0.25) is 0 Å². The van der Waals surface area contributed by atoms with E-state index in [1.807, 2.05) is 0 Å². The molecule has 2 aliphatic rings. The molecule has 0 radical (unpaired) electrons. The Morgan fingerprint density at radius 1 is 1.33 bits per heavy atom. The number of fused-ring (bicyclic) bond motifs is 1. The first-order valence-corrected chi connectivity index (χ1v) is 7.23. The lowest BCUT2D eigenvalue weighted by Gasteiger charge is -2.44. The molecule has 3 atom stereocenters. The van der Waals surface area contributed by atoms with Gasteiger partial charge in [0.05, 0.1) is 11.6 Å². The van der Waals surface area contributed by atoms with Crippen molar-refractivity contribution in [1.29, 1.82) is 0 Å².